The van der Waals surface area contributed by atoms with Crippen LogP contribution in [0.1, 0.15) is 20.7 Å². The summed E-state index contributed by atoms with van der Waals surface area (Å²) in [5.74, 6) is -0.736. The molecular formula is C17H12BrNO5. The molecule has 2 aromatic rings. The first kappa shape index (κ1) is 16.2. The SMILES string of the molecule is O=C1COc2ccc(C(=O)COC(=O)c3ccc(Br)cc3)cc2N1. The Morgan fingerprint density at radius 3 is 2.58 bits per heavy atom. The van der Waals surface area contributed by atoms with Crippen LogP contribution in [-0.4, -0.2) is 30.9 Å². The van der Waals surface area contributed by atoms with Crippen molar-refractivity contribution in [3.05, 3.63) is 58.1 Å². The second kappa shape index (κ2) is 6.84. The van der Waals surface area contributed by atoms with E-state index in [1.165, 1.54) is 6.07 Å². The Hall–Kier alpha value is -2.67. The monoisotopic (exact) mass is 389 g/mol. The lowest BCUT2D eigenvalue weighted by molar-refractivity contribution is -0.118. The van der Waals surface area contributed by atoms with Gasteiger partial charge in [0.25, 0.3) is 5.91 Å². The number of carbonyl (C=O) groups is 3. The number of esters is 1. The maximum atomic E-state index is 12.2. The molecule has 0 spiro atoms. The number of benzene rings is 2. The first-order valence-corrected chi connectivity index (χ1v) is 7.85. The quantitative estimate of drug-likeness (QED) is 0.642. The van der Waals surface area contributed by atoms with Gasteiger partial charge in [-0.05, 0) is 42.5 Å². The zero-order valence-electron chi connectivity index (χ0n) is 12.4. The molecule has 0 radical (unpaired) electrons. The first-order valence-electron chi connectivity index (χ1n) is 7.05. The van der Waals surface area contributed by atoms with E-state index in [9.17, 15) is 14.4 Å². The third-order valence-electron chi connectivity index (χ3n) is 3.35. The van der Waals surface area contributed by atoms with Gasteiger partial charge >= 0.3 is 5.97 Å². The highest BCUT2D eigenvalue weighted by Gasteiger charge is 2.18. The molecule has 2 aromatic carbocycles. The second-order valence-corrected chi connectivity index (χ2v) is 5.97. The van der Waals surface area contributed by atoms with Gasteiger partial charge in [-0.1, -0.05) is 15.9 Å². The summed E-state index contributed by atoms with van der Waals surface area (Å²) in [6, 6.07) is 11.3. The highest BCUT2D eigenvalue weighted by molar-refractivity contribution is 9.10. The topological polar surface area (TPSA) is 81.7 Å². The van der Waals surface area contributed by atoms with E-state index < -0.39 is 5.97 Å². The van der Waals surface area contributed by atoms with Crippen LogP contribution in [0.5, 0.6) is 5.75 Å². The van der Waals surface area contributed by atoms with Crippen molar-refractivity contribution in [1.29, 1.82) is 0 Å². The molecule has 1 aliphatic rings. The molecule has 0 fully saturated rings. The molecule has 1 N–H and O–H groups in total. The van der Waals surface area contributed by atoms with Gasteiger partial charge in [0.1, 0.15) is 5.75 Å². The van der Waals surface area contributed by atoms with E-state index in [2.05, 4.69) is 21.2 Å². The minimum absolute atomic E-state index is 0.0505. The van der Waals surface area contributed by atoms with E-state index >= 15 is 0 Å². The van der Waals surface area contributed by atoms with Crippen LogP contribution in [0.25, 0.3) is 0 Å². The fourth-order valence-electron chi connectivity index (χ4n) is 2.14. The molecule has 1 heterocycles. The number of rotatable bonds is 4. The number of hydrogen-bond acceptors (Lipinski definition) is 5. The smallest absolute Gasteiger partial charge is 0.338 e. The summed E-state index contributed by atoms with van der Waals surface area (Å²) in [6.45, 7) is -0.437. The minimum Gasteiger partial charge on any atom is -0.482 e. The first-order chi connectivity index (χ1) is 11.5. The van der Waals surface area contributed by atoms with E-state index in [4.69, 9.17) is 9.47 Å². The largest absolute Gasteiger partial charge is 0.482 e. The number of nitrogens with one attached hydrogen (secondary N) is 1. The van der Waals surface area contributed by atoms with Gasteiger partial charge in [0.15, 0.2) is 19.0 Å². The predicted octanol–water partition coefficient (Wildman–Crippen LogP) is 2.82. The predicted molar refractivity (Wildman–Crippen MR) is 89.3 cm³/mol. The third kappa shape index (κ3) is 3.62. The number of ether oxygens (including phenoxy) is 2. The molecule has 122 valence electrons. The standard InChI is InChI=1S/C17H12BrNO5/c18-12-4-1-10(2-5-12)17(22)24-8-14(20)11-3-6-15-13(7-11)19-16(21)9-23-15/h1-7H,8-9H2,(H,19,21). The van der Waals surface area contributed by atoms with Gasteiger partial charge in [0, 0.05) is 10.0 Å². The highest BCUT2D eigenvalue weighted by Crippen LogP contribution is 2.28. The lowest BCUT2D eigenvalue weighted by Crippen LogP contribution is -2.25. The number of ketones is 1. The molecule has 6 nitrogen and oxygen atoms in total. The number of amides is 1. The summed E-state index contributed by atoms with van der Waals surface area (Å²) in [5, 5.41) is 2.62. The summed E-state index contributed by atoms with van der Waals surface area (Å²) in [6.07, 6.45) is 0. The highest BCUT2D eigenvalue weighted by atomic mass is 79.9. The van der Waals surface area contributed by atoms with Crippen molar-refractivity contribution in [2.45, 2.75) is 0 Å². The average molecular weight is 390 g/mol. The van der Waals surface area contributed by atoms with E-state index in [0.717, 1.165) is 4.47 Å². The normalized spacial score (nSPS) is 12.6. The molecule has 0 bridgehead atoms. The van der Waals surface area contributed by atoms with Crippen LogP contribution < -0.4 is 10.1 Å². The van der Waals surface area contributed by atoms with Crippen LogP contribution in [0.3, 0.4) is 0 Å². The Labute approximate surface area is 145 Å². The zero-order chi connectivity index (χ0) is 17.1. The Morgan fingerprint density at radius 2 is 1.83 bits per heavy atom. The number of anilines is 1. The number of halogens is 1. The van der Waals surface area contributed by atoms with Gasteiger partial charge in [-0.2, -0.15) is 0 Å². The van der Waals surface area contributed by atoms with Crippen molar-refractivity contribution in [2.24, 2.45) is 0 Å². The van der Waals surface area contributed by atoms with E-state index in [1.807, 2.05) is 0 Å². The Kier molecular flexibility index (Phi) is 4.61. The van der Waals surface area contributed by atoms with E-state index in [-0.39, 0.29) is 24.9 Å². The van der Waals surface area contributed by atoms with Crippen molar-refractivity contribution in [1.82, 2.24) is 0 Å². The van der Waals surface area contributed by atoms with E-state index in [1.54, 1.807) is 36.4 Å². The van der Waals surface area contributed by atoms with Crippen LogP contribution in [-0.2, 0) is 9.53 Å². The molecule has 0 saturated carbocycles. The molecule has 3 rings (SSSR count). The average Bonchev–Trinajstić information content (AvgIpc) is 2.59. The third-order valence-corrected chi connectivity index (χ3v) is 3.88. The maximum Gasteiger partial charge on any atom is 0.338 e. The molecule has 1 aliphatic heterocycles. The fraction of sp³-hybridized carbons (Fsp3) is 0.118. The van der Waals surface area contributed by atoms with Gasteiger partial charge in [0.2, 0.25) is 0 Å². The molecule has 0 aromatic heterocycles. The zero-order valence-corrected chi connectivity index (χ0v) is 14.0. The van der Waals surface area contributed by atoms with Gasteiger partial charge < -0.3 is 14.8 Å². The number of fused-ring (bicyclic) bond motifs is 1. The van der Waals surface area contributed by atoms with Crippen molar-refractivity contribution in [2.75, 3.05) is 18.5 Å². The molecule has 24 heavy (non-hydrogen) atoms. The maximum absolute atomic E-state index is 12.2. The van der Waals surface area contributed by atoms with Gasteiger partial charge in [-0.25, -0.2) is 4.79 Å². The molecule has 0 aliphatic carbocycles. The summed E-state index contributed by atoms with van der Waals surface area (Å²) >= 11 is 3.28. The minimum atomic E-state index is -0.578. The fourth-order valence-corrected chi connectivity index (χ4v) is 2.40. The van der Waals surface area contributed by atoms with Gasteiger partial charge in [0.05, 0.1) is 11.3 Å². The summed E-state index contributed by atoms with van der Waals surface area (Å²) in [5.41, 5.74) is 1.11. The molecule has 0 atom stereocenters. The number of Topliss-reactive ketones (excluding diaryl/α,β-unsaturated/α-hetero) is 1. The summed E-state index contributed by atoms with van der Waals surface area (Å²) in [4.78, 5) is 35.4. The van der Waals surface area contributed by atoms with Crippen LogP contribution in [0.4, 0.5) is 5.69 Å². The lowest BCUT2D eigenvalue weighted by atomic mass is 10.1. The molecule has 1 amide bonds. The molecule has 0 unspecified atom stereocenters. The van der Waals surface area contributed by atoms with Crippen LogP contribution in [0.2, 0.25) is 0 Å². The Balaban J connectivity index is 1.65. The van der Waals surface area contributed by atoms with Crippen LogP contribution in [0.15, 0.2) is 46.9 Å². The van der Waals surface area contributed by atoms with Gasteiger partial charge in [-0.3, -0.25) is 9.59 Å². The van der Waals surface area contributed by atoms with Crippen molar-refractivity contribution in [3.8, 4) is 5.75 Å². The Morgan fingerprint density at radius 1 is 1.12 bits per heavy atom. The number of carbonyl (C=O) groups excluding carboxylic acids is 3. The number of hydrogen-bond donors (Lipinski definition) is 1. The van der Waals surface area contributed by atoms with Crippen molar-refractivity contribution >= 4 is 39.3 Å². The second-order valence-electron chi connectivity index (χ2n) is 5.05. The summed E-state index contributed by atoms with van der Waals surface area (Å²) < 4.78 is 11.1. The van der Waals surface area contributed by atoms with Crippen molar-refractivity contribution < 1.29 is 23.9 Å². The lowest BCUT2D eigenvalue weighted by Gasteiger charge is -2.18. The van der Waals surface area contributed by atoms with Crippen LogP contribution >= 0.6 is 15.9 Å². The van der Waals surface area contributed by atoms with Crippen molar-refractivity contribution in [3.63, 3.8) is 0 Å². The molecule has 0 saturated heterocycles. The van der Waals surface area contributed by atoms with Crippen LogP contribution in [0, 0.1) is 0 Å². The molecular weight excluding hydrogens is 378 g/mol. The van der Waals surface area contributed by atoms with E-state index in [0.29, 0.717) is 22.6 Å². The summed E-state index contributed by atoms with van der Waals surface area (Å²) in [7, 11) is 0. The van der Waals surface area contributed by atoms with Gasteiger partial charge in [-0.15, -0.1) is 0 Å². The molecule has 7 heteroatoms. The Bertz CT molecular complexity index is 816.